The summed E-state index contributed by atoms with van der Waals surface area (Å²) < 4.78 is 0. The van der Waals surface area contributed by atoms with Crippen LogP contribution in [0.3, 0.4) is 0 Å². The second-order valence-corrected chi connectivity index (χ2v) is 6.64. The van der Waals surface area contributed by atoms with Crippen molar-refractivity contribution in [1.29, 1.82) is 0 Å². The molecule has 0 unspecified atom stereocenters. The zero-order chi connectivity index (χ0) is 16.5. The average Bonchev–Trinajstić information content (AvgIpc) is 2.59. The lowest BCUT2D eigenvalue weighted by Gasteiger charge is -2.33. The molecule has 1 aliphatic heterocycles. The van der Waals surface area contributed by atoms with Gasteiger partial charge in [-0.15, -0.1) is 0 Å². The minimum Gasteiger partial charge on any atom is -0.356 e. The summed E-state index contributed by atoms with van der Waals surface area (Å²) in [6.45, 7) is 5.94. The molecule has 1 aromatic rings. The Morgan fingerprint density at radius 2 is 2.09 bits per heavy atom. The van der Waals surface area contributed by atoms with Crippen LogP contribution in [0.1, 0.15) is 5.56 Å². The normalized spacial score (nSPS) is 16.5. The molecule has 0 aliphatic carbocycles. The van der Waals surface area contributed by atoms with Gasteiger partial charge >= 0.3 is 0 Å². The average molecular weight is 337 g/mol. The molecule has 0 radical (unpaired) electrons. The van der Waals surface area contributed by atoms with Crippen LogP contribution in [-0.4, -0.2) is 74.7 Å². The molecule has 7 heteroatoms. The van der Waals surface area contributed by atoms with Crippen LogP contribution in [0.15, 0.2) is 23.3 Å². The van der Waals surface area contributed by atoms with Crippen molar-refractivity contribution in [1.82, 2.24) is 20.5 Å². The third kappa shape index (κ3) is 5.91. The highest BCUT2D eigenvalue weighted by atomic mass is 32.2. The number of hydrogen-bond acceptors (Lipinski definition) is 5. The number of aromatic nitrogens is 1. The van der Waals surface area contributed by atoms with Crippen LogP contribution in [0.4, 0.5) is 5.82 Å². The predicted octanol–water partition coefficient (Wildman–Crippen LogP) is 0.861. The Balaban J connectivity index is 1.87. The van der Waals surface area contributed by atoms with Crippen molar-refractivity contribution < 1.29 is 0 Å². The molecule has 6 nitrogen and oxygen atoms in total. The van der Waals surface area contributed by atoms with E-state index >= 15 is 0 Å². The summed E-state index contributed by atoms with van der Waals surface area (Å²) >= 11 is 1.82. The van der Waals surface area contributed by atoms with Gasteiger partial charge in [0.25, 0.3) is 0 Å². The highest BCUT2D eigenvalue weighted by Crippen LogP contribution is 2.14. The molecule has 0 aromatic carbocycles. The molecule has 1 saturated heterocycles. The highest BCUT2D eigenvalue weighted by molar-refractivity contribution is 7.98. The molecule has 0 atom stereocenters. The summed E-state index contributed by atoms with van der Waals surface area (Å²) in [4.78, 5) is 13.5. The zero-order valence-corrected chi connectivity index (χ0v) is 15.2. The molecule has 2 heterocycles. The fourth-order valence-electron chi connectivity index (χ4n) is 2.46. The number of guanidine groups is 1. The van der Waals surface area contributed by atoms with E-state index in [0.717, 1.165) is 56.8 Å². The number of likely N-dealkylation sites (N-methyl/N-ethyl adjacent to an activating group) is 1. The van der Waals surface area contributed by atoms with Crippen LogP contribution >= 0.6 is 11.8 Å². The second kappa shape index (κ2) is 9.62. The molecule has 0 spiro atoms. The number of thioether (sulfide) groups is 1. The number of piperazine rings is 1. The Hall–Kier alpha value is -1.47. The zero-order valence-electron chi connectivity index (χ0n) is 14.4. The molecule has 0 saturated carbocycles. The summed E-state index contributed by atoms with van der Waals surface area (Å²) in [5.74, 6) is 2.99. The summed E-state index contributed by atoms with van der Waals surface area (Å²) in [7, 11) is 3.97. The maximum Gasteiger partial charge on any atom is 0.191 e. The number of pyridine rings is 1. The van der Waals surface area contributed by atoms with Crippen LogP contribution in [0, 0.1) is 0 Å². The maximum absolute atomic E-state index is 4.53. The van der Waals surface area contributed by atoms with E-state index in [1.54, 1.807) is 7.05 Å². The van der Waals surface area contributed by atoms with Crippen molar-refractivity contribution in [2.24, 2.45) is 4.99 Å². The standard InChI is InChI=1S/C16H28N6S/c1-17-16(19-6-11-23-3)20-13-14-4-5-18-15(12-14)22-9-7-21(2)8-10-22/h4-5,12H,6-11,13H2,1-3H3,(H2,17,19,20). The Kier molecular flexibility index (Phi) is 7.48. The number of nitrogens with one attached hydrogen (secondary N) is 2. The summed E-state index contributed by atoms with van der Waals surface area (Å²) in [5, 5.41) is 6.67. The Morgan fingerprint density at radius 1 is 1.30 bits per heavy atom. The molecular weight excluding hydrogens is 308 g/mol. The van der Waals surface area contributed by atoms with E-state index in [9.17, 15) is 0 Å². The first-order chi connectivity index (χ1) is 11.2. The third-order valence-electron chi connectivity index (χ3n) is 3.92. The molecule has 0 bridgehead atoms. The van der Waals surface area contributed by atoms with Crippen molar-refractivity contribution in [2.75, 3.05) is 63.7 Å². The van der Waals surface area contributed by atoms with Crippen LogP contribution in [0.5, 0.6) is 0 Å². The molecule has 1 aliphatic rings. The monoisotopic (exact) mass is 336 g/mol. The fourth-order valence-corrected chi connectivity index (χ4v) is 2.76. The first kappa shape index (κ1) is 17.9. The first-order valence-corrected chi connectivity index (χ1v) is 9.44. The minimum absolute atomic E-state index is 0.752. The minimum atomic E-state index is 0.752. The first-order valence-electron chi connectivity index (χ1n) is 8.05. The molecule has 0 amide bonds. The smallest absolute Gasteiger partial charge is 0.191 e. The van der Waals surface area contributed by atoms with E-state index in [2.05, 4.69) is 55.8 Å². The third-order valence-corrected chi connectivity index (χ3v) is 4.53. The molecule has 1 fully saturated rings. The van der Waals surface area contributed by atoms with E-state index in [0.29, 0.717) is 0 Å². The van der Waals surface area contributed by atoms with Gasteiger partial charge in [0.05, 0.1) is 0 Å². The lowest BCUT2D eigenvalue weighted by Crippen LogP contribution is -2.44. The Bertz CT molecular complexity index is 499. The van der Waals surface area contributed by atoms with E-state index in [1.807, 2.05) is 18.0 Å². The second-order valence-electron chi connectivity index (χ2n) is 5.66. The Labute approximate surface area is 143 Å². The quantitative estimate of drug-likeness (QED) is 0.457. The van der Waals surface area contributed by atoms with Gasteiger partial charge < -0.3 is 20.4 Å². The van der Waals surface area contributed by atoms with Gasteiger partial charge in [-0.2, -0.15) is 11.8 Å². The van der Waals surface area contributed by atoms with Gasteiger partial charge in [-0.3, -0.25) is 4.99 Å². The van der Waals surface area contributed by atoms with Gasteiger partial charge in [0.1, 0.15) is 5.82 Å². The predicted molar refractivity (Wildman–Crippen MR) is 101 cm³/mol. The molecule has 2 N–H and O–H groups in total. The fraction of sp³-hybridized carbons (Fsp3) is 0.625. The van der Waals surface area contributed by atoms with Crippen LogP contribution in [0.25, 0.3) is 0 Å². The van der Waals surface area contributed by atoms with Crippen molar-refractivity contribution in [3.05, 3.63) is 23.9 Å². The van der Waals surface area contributed by atoms with E-state index in [-0.39, 0.29) is 0 Å². The number of aliphatic imine (C=N–C) groups is 1. The van der Waals surface area contributed by atoms with Crippen LogP contribution in [0.2, 0.25) is 0 Å². The molecule has 2 rings (SSSR count). The topological polar surface area (TPSA) is 55.8 Å². The maximum atomic E-state index is 4.53. The van der Waals surface area contributed by atoms with Gasteiger partial charge in [0, 0.05) is 58.3 Å². The summed E-state index contributed by atoms with van der Waals surface area (Å²) in [5.41, 5.74) is 1.22. The highest BCUT2D eigenvalue weighted by Gasteiger charge is 2.15. The van der Waals surface area contributed by atoms with Crippen molar-refractivity contribution >= 4 is 23.5 Å². The number of rotatable bonds is 6. The van der Waals surface area contributed by atoms with Crippen LogP contribution in [-0.2, 0) is 6.54 Å². The molecule has 23 heavy (non-hydrogen) atoms. The largest absolute Gasteiger partial charge is 0.356 e. The van der Waals surface area contributed by atoms with Gasteiger partial charge in [-0.25, -0.2) is 4.98 Å². The van der Waals surface area contributed by atoms with Gasteiger partial charge in [-0.1, -0.05) is 0 Å². The SMILES string of the molecule is CN=C(NCCSC)NCc1ccnc(N2CCN(C)CC2)c1. The molecule has 128 valence electrons. The summed E-state index contributed by atoms with van der Waals surface area (Å²) in [6, 6.07) is 4.23. The summed E-state index contributed by atoms with van der Waals surface area (Å²) in [6.07, 6.45) is 4.00. The number of anilines is 1. The van der Waals surface area contributed by atoms with Crippen molar-refractivity contribution in [3.8, 4) is 0 Å². The van der Waals surface area contributed by atoms with E-state index in [4.69, 9.17) is 0 Å². The Morgan fingerprint density at radius 3 is 2.78 bits per heavy atom. The van der Waals surface area contributed by atoms with Gasteiger partial charge in [-0.05, 0) is 31.0 Å². The van der Waals surface area contributed by atoms with Gasteiger partial charge in [0.2, 0.25) is 0 Å². The number of nitrogens with zero attached hydrogens (tertiary/aromatic N) is 4. The lowest BCUT2D eigenvalue weighted by molar-refractivity contribution is 0.312. The van der Waals surface area contributed by atoms with Crippen molar-refractivity contribution in [3.63, 3.8) is 0 Å². The van der Waals surface area contributed by atoms with E-state index < -0.39 is 0 Å². The number of hydrogen-bond donors (Lipinski definition) is 2. The van der Waals surface area contributed by atoms with Crippen LogP contribution < -0.4 is 15.5 Å². The molecular formula is C16H28N6S. The van der Waals surface area contributed by atoms with E-state index in [1.165, 1.54) is 5.56 Å². The van der Waals surface area contributed by atoms with Gasteiger partial charge in [0.15, 0.2) is 5.96 Å². The molecule has 1 aromatic heterocycles. The lowest BCUT2D eigenvalue weighted by atomic mass is 10.2. The van der Waals surface area contributed by atoms with Crippen molar-refractivity contribution in [2.45, 2.75) is 6.54 Å².